The molecule has 1 atom stereocenters. The van der Waals surface area contributed by atoms with Gasteiger partial charge in [0.1, 0.15) is 0 Å². The lowest BCUT2D eigenvalue weighted by Crippen LogP contribution is -2.46. The summed E-state index contributed by atoms with van der Waals surface area (Å²) >= 11 is 0. The first kappa shape index (κ1) is 14.1. The van der Waals surface area contributed by atoms with Crippen LogP contribution in [-0.2, 0) is 11.3 Å². The first-order valence-electron chi connectivity index (χ1n) is 6.99. The molecule has 0 aromatic carbocycles. The third-order valence-corrected chi connectivity index (χ3v) is 3.82. The molecule has 106 valence electrons. The van der Waals surface area contributed by atoms with Gasteiger partial charge in [-0.05, 0) is 33.7 Å². The normalized spacial score (nSPS) is 17.9. The minimum absolute atomic E-state index is 0.102. The fourth-order valence-electron chi connectivity index (χ4n) is 2.47. The second-order valence-electron chi connectivity index (χ2n) is 5.52. The van der Waals surface area contributed by atoms with E-state index in [9.17, 15) is 4.79 Å². The minimum atomic E-state index is -0.161. The van der Waals surface area contributed by atoms with Gasteiger partial charge in [0.15, 0.2) is 5.76 Å². The van der Waals surface area contributed by atoms with Gasteiger partial charge in [0, 0.05) is 12.1 Å². The Bertz CT molecular complexity index is 424. The van der Waals surface area contributed by atoms with Gasteiger partial charge in [-0.2, -0.15) is 0 Å². The van der Waals surface area contributed by atoms with Gasteiger partial charge in [0.25, 0.3) is 0 Å². The number of hydrogen-bond donors (Lipinski definition) is 1. The molecule has 1 unspecified atom stereocenters. The predicted molar refractivity (Wildman–Crippen MR) is 72.6 cm³/mol. The Morgan fingerprint density at radius 2 is 2.26 bits per heavy atom. The van der Waals surface area contributed by atoms with E-state index in [4.69, 9.17) is 4.52 Å². The molecule has 1 N–H and O–H groups in total. The second-order valence-corrected chi connectivity index (χ2v) is 5.52. The summed E-state index contributed by atoms with van der Waals surface area (Å²) in [5.41, 5.74) is 0.867. The lowest BCUT2D eigenvalue weighted by molar-refractivity contribution is -0.126. The van der Waals surface area contributed by atoms with Crippen molar-refractivity contribution in [2.75, 3.05) is 7.05 Å². The zero-order chi connectivity index (χ0) is 13.8. The van der Waals surface area contributed by atoms with Crippen LogP contribution >= 0.6 is 0 Å². The Labute approximate surface area is 114 Å². The molecule has 1 aliphatic rings. The number of aryl methyl sites for hydroxylation is 1. The molecule has 0 bridgehead atoms. The largest absolute Gasteiger partial charge is 0.360 e. The monoisotopic (exact) mass is 265 g/mol. The van der Waals surface area contributed by atoms with Crippen molar-refractivity contribution in [1.29, 1.82) is 0 Å². The fraction of sp³-hybridized carbons (Fsp3) is 0.714. The van der Waals surface area contributed by atoms with Crippen molar-refractivity contribution in [3.63, 3.8) is 0 Å². The first-order valence-corrected chi connectivity index (χ1v) is 6.99. The quantitative estimate of drug-likeness (QED) is 0.883. The van der Waals surface area contributed by atoms with Crippen molar-refractivity contribution >= 4 is 5.91 Å². The Morgan fingerprint density at radius 3 is 2.84 bits per heavy atom. The zero-order valence-corrected chi connectivity index (χ0v) is 12.0. The van der Waals surface area contributed by atoms with Gasteiger partial charge < -0.3 is 9.84 Å². The van der Waals surface area contributed by atoms with Crippen molar-refractivity contribution in [1.82, 2.24) is 15.4 Å². The molecule has 1 aromatic heterocycles. The molecule has 1 heterocycles. The average molecular weight is 265 g/mol. The SMILES string of the molecule is Cc1cc(CN(C)C(C)C(=O)NC2CCCC2)on1. The molecule has 5 nitrogen and oxygen atoms in total. The highest BCUT2D eigenvalue weighted by Crippen LogP contribution is 2.18. The summed E-state index contributed by atoms with van der Waals surface area (Å²) in [6.07, 6.45) is 4.69. The van der Waals surface area contributed by atoms with E-state index < -0.39 is 0 Å². The number of nitrogens with zero attached hydrogens (tertiary/aromatic N) is 2. The Morgan fingerprint density at radius 1 is 1.58 bits per heavy atom. The maximum absolute atomic E-state index is 12.1. The van der Waals surface area contributed by atoms with E-state index in [0.717, 1.165) is 24.3 Å². The van der Waals surface area contributed by atoms with E-state index in [1.165, 1.54) is 12.8 Å². The van der Waals surface area contributed by atoms with Crippen LogP contribution in [0, 0.1) is 6.92 Å². The van der Waals surface area contributed by atoms with Crippen LogP contribution in [0.3, 0.4) is 0 Å². The van der Waals surface area contributed by atoms with E-state index in [1.807, 2.05) is 31.9 Å². The molecular weight excluding hydrogens is 242 g/mol. The minimum Gasteiger partial charge on any atom is -0.360 e. The smallest absolute Gasteiger partial charge is 0.237 e. The van der Waals surface area contributed by atoms with Gasteiger partial charge in [-0.3, -0.25) is 9.69 Å². The maximum Gasteiger partial charge on any atom is 0.237 e. The standard InChI is InChI=1S/C14H23N3O2/c1-10-8-13(19-16-10)9-17(3)11(2)14(18)15-12-6-4-5-7-12/h8,11-12H,4-7,9H2,1-3H3,(H,15,18). The van der Waals surface area contributed by atoms with E-state index in [-0.39, 0.29) is 11.9 Å². The van der Waals surface area contributed by atoms with Gasteiger partial charge in [-0.1, -0.05) is 18.0 Å². The van der Waals surface area contributed by atoms with Crippen LogP contribution in [0.15, 0.2) is 10.6 Å². The lowest BCUT2D eigenvalue weighted by Gasteiger charge is -2.24. The molecule has 2 rings (SSSR count). The van der Waals surface area contributed by atoms with Crippen LogP contribution in [0.5, 0.6) is 0 Å². The molecule has 1 amide bonds. The summed E-state index contributed by atoms with van der Waals surface area (Å²) in [6.45, 7) is 4.41. The molecule has 5 heteroatoms. The summed E-state index contributed by atoms with van der Waals surface area (Å²) in [5, 5.41) is 6.98. The van der Waals surface area contributed by atoms with Crippen molar-refractivity contribution in [3.8, 4) is 0 Å². The number of aromatic nitrogens is 1. The summed E-state index contributed by atoms with van der Waals surface area (Å²) in [5.74, 6) is 0.895. The van der Waals surface area contributed by atoms with Crippen molar-refractivity contribution < 1.29 is 9.32 Å². The highest BCUT2D eigenvalue weighted by atomic mass is 16.5. The third kappa shape index (κ3) is 3.80. The van der Waals surface area contributed by atoms with Crippen molar-refractivity contribution in [2.45, 2.75) is 58.2 Å². The highest BCUT2D eigenvalue weighted by molar-refractivity contribution is 5.81. The molecule has 0 saturated heterocycles. The van der Waals surface area contributed by atoms with Crippen LogP contribution < -0.4 is 5.32 Å². The number of carbonyl (C=O) groups excluding carboxylic acids is 1. The van der Waals surface area contributed by atoms with Gasteiger partial charge >= 0.3 is 0 Å². The number of carbonyl (C=O) groups is 1. The zero-order valence-electron chi connectivity index (χ0n) is 12.0. The van der Waals surface area contributed by atoms with Crippen molar-refractivity contribution in [3.05, 3.63) is 17.5 Å². The van der Waals surface area contributed by atoms with Crippen LogP contribution in [0.1, 0.15) is 44.1 Å². The second kappa shape index (κ2) is 6.19. The van der Waals surface area contributed by atoms with Gasteiger partial charge in [-0.25, -0.2) is 0 Å². The third-order valence-electron chi connectivity index (χ3n) is 3.82. The average Bonchev–Trinajstić information content (AvgIpc) is 3.00. The number of rotatable bonds is 5. The summed E-state index contributed by atoms with van der Waals surface area (Å²) in [7, 11) is 1.93. The molecule has 0 aliphatic heterocycles. The summed E-state index contributed by atoms with van der Waals surface area (Å²) in [6, 6.07) is 2.11. The summed E-state index contributed by atoms with van der Waals surface area (Å²) in [4.78, 5) is 14.1. The number of amides is 1. The van der Waals surface area contributed by atoms with Crippen LogP contribution in [0.25, 0.3) is 0 Å². The topological polar surface area (TPSA) is 58.4 Å². The Kier molecular flexibility index (Phi) is 4.58. The molecular formula is C14H23N3O2. The van der Waals surface area contributed by atoms with E-state index in [1.54, 1.807) is 0 Å². The Balaban J connectivity index is 1.83. The maximum atomic E-state index is 12.1. The number of likely N-dealkylation sites (N-methyl/N-ethyl adjacent to an activating group) is 1. The first-order chi connectivity index (χ1) is 9.06. The highest BCUT2D eigenvalue weighted by Gasteiger charge is 2.23. The van der Waals surface area contributed by atoms with E-state index in [0.29, 0.717) is 12.6 Å². The van der Waals surface area contributed by atoms with Crippen LogP contribution in [0.4, 0.5) is 0 Å². The van der Waals surface area contributed by atoms with Crippen LogP contribution in [0.2, 0.25) is 0 Å². The molecule has 1 aliphatic carbocycles. The molecule has 0 radical (unpaired) electrons. The van der Waals surface area contributed by atoms with Gasteiger partial charge in [-0.15, -0.1) is 0 Å². The van der Waals surface area contributed by atoms with E-state index >= 15 is 0 Å². The van der Waals surface area contributed by atoms with Crippen LogP contribution in [-0.4, -0.2) is 35.1 Å². The lowest BCUT2D eigenvalue weighted by atomic mass is 10.2. The van der Waals surface area contributed by atoms with Crippen molar-refractivity contribution in [2.24, 2.45) is 0 Å². The summed E-state index contributed by atoms with van der Waals surface area (Å²) < 4.78 is 5.17. The van der Waals surface area contributed by atoms with Gasteiger partial charge in [0.2, 0.25) is 5.91 Å². The molecule has 1 aromatic rings. The number of hydrogen-bond acceptors (Lipinski definition) is 4. The van der Waals surface area contributed by atoms with E-state index in [2.05, 4.69) is 10.5 Å². The molecule has 19 heavy (non-hydrogen) atoms. The molecule has 1 saturated carbocycles. The fourth-order valence-corrected chi connectivity index (χ4v) is 2.47. The number of nitrogens with one attached hydrogen (secondary N) is 1. The molecule has 0 spiro atoms. The Hall–Kier alpha value is -1.36. The van der Waals surface area contributed by atoms with Gasteiger partial charge in [0.05, 0.1) is 18.3 Å². The predicted octanol–water partition coefficient (Wildman–Crippen LogP) is 1.86. The molecule has 1 fully saturated rings.